The Morgan fingerprint density at radius 3 is 2.77 bits per heavy atom. The summed E-state index contributed by atoms with van der Waals surface area (Å²) in [5.74, 6) is 0.816. The van der Waals surface area contributed by atoms with Crippen LogP contribution >= 0.6 is 0 Å². The third kappa shape index (κ3) is 2.95. The van der Waals surface area contributed by atoms with Crippen LogP contribution in [0.25, 0.3) is 11.1 Å². The SMILES string of the molecule is Cc1noc(C)c1-c1ccc(NC2CCOC(C)C2)c(N)c1. The molecule has 1 aromatic carbocycles. The second-order valence-corrected chi connectivity index (χ2v) is 6.05. The molecular weight excluding hydrogens is 278 g/mol. The van der Waals surface area contributed by atoms with Crippen molar-refractivity contribution in [1.82, 2.24) is 5.16 Å². The van der Waals surface area contributed by atoms with Gasteiger partial charge in [0.05, 0.1) is 23.2 Å². The van der Waals surface area contributed by atoms with Gasteiger partial charge < -0.3 is 20.3 Å². The molecule has 1 aromatic heterocycles. The molecule has 2 heterocycles. The number of ether oxygens (including phenoxy) is 1. The molecule has 1 aliphatic heterocycles. The fraction of sp³-hybridized carbons (Fsp3) is 0.471. The summed E-state index contributed by atoms with van der Waals surface area (Å²) in [4.78, 5) is 0. The second kappa shape index (κ2) is 6.01. The summed E-state index contributed by atoms with van der Waals surface area (Å²) in [5.41, 5.74) is 10.9. The van der Waals surface area contributed by atoms with Crippen LogP contribution in [0, 0.1) is 13.8 Å². The average Bonchev–Trinajstić information content (AvgIpc) is 2.81. The first-order valence-corrected chi connectivity index (χ1v) is 7.75. The van der Waals surface area contributed by atoms with Crippen LogP contribution in [0.1, 0.15) is 31.2 Å². The zero-order valence-electron chi connectivity index (χ0n) is 13.3. The number of aromatic nitrogens is 1. The number of anilines is 2. The van der Waals surface area contributed by atoms with Gasteiger partial charge in [0.1, 0.15) is 5.76 Å². The Labute approximate surface area is 130 Å². The minimum absolute atomic E-state index is 0.300. The molecule has 2 atom stereocenters. The van der Waals surface area contributed by atoms with Gasteiger partial charge in [-0.05, 0) is 51.3 Å². The van der Waals surface area contributed by atoms with E-state index in [2.05, 4.69) is 23.5 Å². The largest absolute Gasteiger partial charge is 0.397 e. The number of nitrogens with zero attached hydrogens (tertiary/aromatic N) is 1. The summed E-state index contributed by atoms with van der Waals surface area (Å²) in [7, 11) is 0. The molecule has 118 valence electrons. The lowest BCUT2D eigenvalue weighted by atomic mass is 10.0. The Bertz CT molecular complexity index is 646. The normalized spacial score (nSPS) is 21.8. The first-order valence-electron chi connectivity index (χ1n) is 7.75. The molecule has 0 radical (unpaired) electrons. The maximum atomic E-state index is 6.23. The van der Waals surface area contributed by atoms with Gasteiger partial charge in [0, 0.05) is 18.2 Å². The third-order valence-corrected chi connectivity index (χ3v) is 4.22. The van der Waals surface area contributed by atoms with E-state index in [1.165, 1.54) is 0 Å². The Hall–Kier alpha value is -2.01. The number of benzene rings is 1. The lowest BCUT2D eigenvalue weighted by molar-refractivity contribution is 0.0232. The summed E-state index contributed by atoms with van der Waals surface area (Å²) in [5, 5.41) is 7.54. The number of nitrogens with one attached hydrogen (secondary N) is 1. The van der Waals surface area contributed by atoms with Crippen LogP contribution in [0.4, 0.5) is 11.4 Å². The maximum Gasteiger partial charge on any atom is 0.141 e. The van der Waals surface area contributed by atoms with Gasteiger partial charge in [0.25, 0.3) is 0 Å². The van der Waals surface area contributed by atoms with Crippen LogP contribution in [0.3, 0.4) is 0 Å². The number of hydrogen-bond acceptors (Lipinski definition) is 5. The third-order valence-electron chi connectivity index (χ3n) is 4.22. The lowest BCUT2D eigenvalue weighted by Gasteiger charge is -2.29. The smallest absolute Gasteiger partial charge is 0.141 e. The van der Waals surface area contributed by atoms with E-state index in [1.54, 1.807) is 0 Å². The van der Waals surface area contributed by atoms with E-state index in [0.717, 1.165) is 53.4 Å². The van der Waals surface area contributed by atoms with Crippen molar-refractivity contribution in [2.24, 2.45) is 0 Å². The molecule has 5 heteroatoms. The fourth-order valence-corrected chi connectivity index (χ4v) is 3.09. The van der Waals surface area contributed by atoms with Gasteiger partial charge in [0.2, 0.25) is 0 Å². The van der Waals surface area contributed by atoms with E-state index in [9.17, 15) is 0 Å². The predicted molar refractivity (Wildman–Crippen MR) is 87.9 cm³/mol. The average molecular weight is 301 g/mol. The number of nitrogen functional groups attached to an aromatic ring is 1. The number of rotatable bonds is 3. The highest BCUT2D eigenvalue weighted by atomic mass is 16.5. The van der Waals surface area contributed by atoms with Crippen LogP contribution < -0.4 is 11.1 Å². The van der Waals surface area contributed by atoms with Gasteiger partial charge >= 0.3 is 0 Å². The van der Waals surface area contributed by atoms with Crippen molar-refractivity contribution in [2.45, 2.75) is 45.8 Å². The van der Waals surface area contributed by atoms with Gasteiger partial charge in [-0.3, -0.25) is 0 Å². The highest BCUT2D eigenvalue weighted by molar-refractivity contribution is 5.77. The molecule has 1 fully saturated rings. The molecule has 3 N–H and O–H groups in total. The van der Waals surface area contributed by atoms with E-state index >= 15 is 0 Å². The second-order valence-electron chi connectivity index (χ2n) is 6.05. The van der Waals surface area contributed by atoms with Gasteiger partial charge in [0.15, 0.2) is 0 Å². The van der Waals surface area contributed by atoms with Crippen molar-refractivity contribution in [3.05, 3.63) is 29.7 Å². The molecule has 0 aliphatic carbocycles. The first-order chi connectivity index (χ1) is 10.5. The van der Waals surface area contributed by atoms with Gasteiger partial charge in [-0.25, -0.2) is 0 Å². The minimum atomic E-state index is 0.300. The summed E-state index contributed by atoms with van der Waals surface area (Å²) in [6, 6.07) is 6.50. The highest BCUT2D eigenvalue weighted by Gasteiger charge is 2.20. The fourth-order valence-electron chi connectivity index (χ4n) is 3.09. The molecule has 22 heavy (non-hydrogen) atoms. The molecule has 0 amide bonds. The molecule has 1 saturated heterocycles. The maximum absolute atomic E-state index is 6.23. The predicted octanol–water partition coefficient (Wildman–Crippen LogP) is 3.52. The standard InChI is InChI=1S/C17H23N3O2/c1-10-8-14(6-7-21-10)19-16-5-4-13(9-15(16)18)17-11(2)20-22-12(17)3/h4-5,9-10,14,19H,6-8,18H2,1-3H3. The Morgan fingerprint density at radius 1 is 1.32 bits per heavy atom. The van der Waals surface area contributed by atoms with Gasteiger partial charge in [-0.1, -0.05) is 11.2 Å². The van der Waals surface area contributed by atoms with Gasteiger partial charge in [-0.2, -0.15) is 0 Å². The molecular formula is C17H23N3O2. The quantitative estimate of drug-likeness (QED) is 0.849. The highest BCUT2D eigenvalue weighted by Crippen LogP contribution is 2.32. The summed E-state index contributed by atoms with van der Waals surface area (Å²) in [6.45, 7) is 6.77. The Morgan fingerprint density at radius 2 is 2.14 bits per heavy atom. The molecule has 1 aliphatic rings. The van der Waals surface area contributed by atoms with Crippen LogP contribution in [0.2, 0.25) is 0 Å². The molecule has 0 saturated carbocycles. The minimum Gasteiger partial charge on any atom is -0.397 e. The van der Waals surface area contributed by atoms with Crippen molar-refractivity contribution < 1.29 is 9.26 Å². The first kappa shape index (κ1) is 14.9. The number of hydrogen-bond donors (Lipinski definition) is 2. The van der Waals surface area contributed by atoms with Crippen molar-refractivity contribution in [3.63, 3.8) is 0 Å². The molecule has 2 unspecified atom stereocenters. The monoisotopic (exact) mass is 301 g/mol. The topological polar surface area (TPSA) is 73.3 Å². The molecule has 0 bridgehead atoms. The molecule has 2 aromatic rings. The van der Waals surface area contributed by atoms with Crippen molar-refractivity contribution in [3.8, 4) is 11.1 Å². The van der Waals surface area contributed by atoms with Crippen LogP contribution in [0.15, 0.2) is 22.7 Å². The van der Waals surface area contributed by atoms with Crippen LogP contribution in [-0.2, 0) is 4.74 Å². The van der Waals surface area contributed by atoms with E-state index < -0.39 is 0 Å². The van der Waals surface area contributed by atoms with Crippen molar-refractivity contribution in [1.29, 1.82) is 0 Å². The lowest BCUT2D eigenvalue weighted by Crippen LogP contribution is -2.32. The molecule has 3 rings (SSSR count). The van der Waals surface area contributed by atoms with Crippen LogP contribution in [0.5, 0.6) is 0 Å². The van der Waals surface area contributed by atoms with Crippen LogP contribution in [-0.4, -0.2) is 23.9 Å². The molecule has 0 spiro atoms. The van der Waals surface area contributed by atoms with E-state index in [-0.39, 0.29) is 0 Å². The Kier molecular flexibility index (Phi) is 4.07. The molecule has 5 nitrogen and oxygen atoms in total. The number of aryl methyl sites for hydroxylation is 2. The van der Waals surface area contributed by atoms with E-state index in [1.807, 2.05) is 26.0 Å². The number of nitrogens with two attached hydrogens (primary N) is 1. The van der Waals surface area contributed by atoms with Crippen molar-refractivity contribution >= 4 is 11.4 Å². The van der Waals surface area contributed by atoms with E-state index in [0.29, 0.717) is 12.1 Å². The summed E-state index contributed by atoms with van der Waals surface area (Å²) in [6.07, 6.45) is 2.31. The van der Waals surface area contributed by atoms with Gasteiger partial charge in [-0.15, -0.1) is 0 Å². The Balaban J connectivity index is 1.81. The summed E-state index contributed by atoms with van der Waals surface area (Å²) >= 11 is 0. The van der Waals surface area contributed by atoms with Crippen molar-refractivity contribution in [2.75, 3.05) is 17.7 Å². The summed E-state index contributed by atoms with van der Waals surface area (Å²) < 4.78 is 10.8. The zero-order valence-corrected chi connectivity index (χ0v) is 13.3. The zero-order chi connectivity index (χ0) is 15.7. The van der Waals surface area contributed by atoms with E-state index in [4.69, 9.17) is 15.0 Å².